The van der Waals surface area contributed by atoms with E-state index in [2.05, 4.69) is 46.9 Å². The maximum absolute atomic E-state index is 11.7. The van der Waals surface area contributed by atoms with E-state index < -0.39 is 0 Å². The van der Waals surface area contributed by atoms with Crippen LogP contribution in [0.25, 0.3) is 0 Å². The summed E-state index contributed by atoms with van der Waals surface area (Å²) in [6.45, 7) is 13.6. The Balaban J connectivity index is 3.50. The average molecular weight is 312 g/mol. The smallest absolute Gasteiger partial charge is 0.220 e. The van der Waals surface area contributed by atoms with Gasteiger partial charge >= 0.3 is 0 Å². The largest absolute Gasteiger partial charge is 0.356 e. The Morgan fingerprint density at radius 2 is 1.27 bits per heavy atom. The molecule has 3 nitrogen and oxygen atoms in total. The molecule has 0 aliphatic carbocycles. The lowest BCUT2D eigenvalue weighted by molar-refractivity contribution is -0.122. The Kier molecular flexibility index (Phi) is 9.63. The molecule has 0 saturated heterocycles. The van der Waals surface area contributed by atoms with Gasteiger partial charge < -0.3 is 5.32 Å². The number of nitrogens with one attached hydrogen (secondary N) is 1. The first-order chi connectivity index (χ1) is 9.99. The van der Waals surface area contributed by atoms with Crippen molar-refractivity contribution in [3.05, 3.63) is 0 Å². The molecule has 0 saturated carbocycles. The fourth-order valence-electron chi connectivity index (χ4n) is 2.05. The van der Waals surface area contributed by atoms with E-state index in [1.165, 1.54) is 0 Å². The molecule has 0 aliphatic heterocycles. The van der Waals surface area contributed by atoms with Crippen LogP contribution in [0.3, 0.4) is 0 Å². The van der Waals surface area contributed by atoms with E-state index in [9.17, 15) is 9.59 Å². The molecule has 0 aliphatic rings. The van der Waals surface area contributed by atoms with Crippen molar-refractivity contribution in [1.82, 2.24) is 5.32 Å². The van der Waals surface area contributed by atoms with E-state index in [1.54, 1.807) is 0 Å². The standard InChI is InChI=1S/C19H37NO2/c1-18(2,3)14-13-16(21)11-9-7-8-10-12-17(22)20-15-19(4,5)6/h7-15H2,1-6H3,(H,20,22). The summed E-state index contributed by atoms with van der Waals surface area (Å²) < 4.78 is 0. The van der Waals surface area contributed by atoms with E-state index in [4.69, 9.17) is 0 Å². The van der Waals surface area contributed by atoms with Crippen LogP contribution in [0.15, 0.2) is 0 Å². The lowest BCUT2D eigenvalue weighted by atomic mass is 9.89. The van der Waals surface area contributed by atoms with Gasteiger partial charge in [-0.25, -0.2) is 0 Å². The highest BCUT2D eigenvalue weighted by Crippen LogP contribution is 2.21. The van der Waals surface area contributed by atoms with Gasteiger partial charge in [0, 0.05) is 25.8 Å². The Morgan fingerprint density at radius 3 is 1.77 bits per heavy atom. The Bertz CT molecular complexity index is 300. The summed E-state index contributed by atoms with van der Waals surface area (Å²) in [5.74, 6) is 0.536. The van der Waals surface area contributed by atoms with Crippen molar-refractivity contribution in [2.24, 2.45) is 10.8 Å². The average Bonchev–Trinajstić information content (AvgIpc) is 2.36. The van der Waals surface area contributed by atoms with Crippen molar-refractivity contribution in [1.29, 1.82) is 0 Å². The van der Waals surface area contributed by atoms with Gasteiger partial charge in [0.2, 0.25) is 5.91 Å². The van der Waals surface area contributed by atoms with Crippen LogP contribution in [0, 0.1) is 10.8 Å². The highest BCUT2D eigenvalue weighted by molar-refractivity contribution is 5.78. The topological polar surface area (TPSA) is 46.2 Å². The van der Waals surface area contributed by atoms with Crippen LogP contribution in [0.1, 0.15) is 92.9 Å². The molecule has 130 valence electrons. The highest BCUT2D eigenvalue weighted by atomic mass is 16.1. The molecule has 0 fully saturated rings. The molecule has 0 aromatic rings. The minimum atomic E-state index is 0.142. The Labute approximate surface area is 137 Å². The van der Waals surface area contributed by atoms with Crippen molar-refractivity contribution in [3.63, 3.8) is 0 Å². The van der Waals surface area contributed by atoms with Crippen LogP contribution in [-0.2, 0) is 9.59 Å². The van der Waals surface area contributed by atoms with Gasteiger partial charge in [0.1, 0.15) is 5.78 Å². The summed E-state index contributed by atoms with van der Waals surface area (Å²) in [6.07, 6.45) is 6.96. The number of hydrogen-bond acceptors (Lipinski definition) is 2. The van der Waals surface area contributed by atoms with Gasteiger partial charge in [0.15, 0.2) is 0 Å². The predicted molar refractivity (Wildman–Crippen MR) is 93.9 cm³/mol. The fraction of sp³-hybridized carbons (Fsp3) is 0.895. The number of carbonyl (C=O) groups excluding carboxylic acids is 2. The number of rotatable bonds is 10. The third-order valence-electron chi connectivity index (χ3n) is 3.58. The van der Waals surface area contributed by atoms with Gasteiger partial charge in [-0.2, -0.15) is 0 Å². The maximum atomic E-state index is 11.7. The number of unbranched alkanes of at least 4 members (excludes halogenated alkanes) is 3. The van der Waals surface area contributed by atoms with Gasteiger partial charge in [-0.05, 0) is 30.1 Å². The minimum absolute atomic E-state index is 0.142. The van der Waals surface area contributed by atoms with Crippen molar-refractivity contribution >= 4 is 11.7 Å². The molecule has 22 heavy (non-hydrogen) atoms. The zero-order chi connectivity index (χ0) is 17.2. The van der Waals surface area contributed by atoms with Crippen LogP contribution < -0.4 is 5.32 Å². The summed E-state index contributed by atoms with van der Waals surface area (Å²) in [6, 6.07) is 0. The van der Waals surface area contributed by atoms with Gasteiger partial charge in [-0.15, -0.1) is 0 Å². The summed E-state index contributed by atoms with van der Waals surface area (Å²) in [5.41, 5.74) is 0.388. The number of carbonyl (C=O) groups is 2. The SMILES string of the molecule is CC(C)(C)CCC(=O)CCCCCCC(=O)NCC(C)(C)C. The highest BCUT2D eigenvalue weighted by Gasteiger charge is 2.13. The number of Topliss-reactive ketones (excluding diaryl/α,β-unsaturated/α-hetero) is 1. The second-order valence-electron chi connectivity index (χ2n) is 8.85. The Morgan fingerprint density at radius 1 is 0.727 bits per heavy atom. The fourth-order valence-corrected chi connectivity index (χ4v) is 2.05. The quantitative estimate of drug-likeness (QED) is 0.584. The van der Waals surface area contributed by atoms with E-state index in [1.807, 2.05) is 0 Å². The van der Waals surface area contributed by atoms with Crippen LogP contribution >= 0.6 is 0 Å². The first-order valence-corrected chi connectivity index (χ1v) is 8.78. The van der Waals surface area contributed by atoms with Crippen LogP contribution in [0.2, 0.25) is 0 Å². The molecule has 0 aromatic carbocycles. The monoisotopic (exact) mass is 311 g/mol. The molecule has 0 spiro atoms. The van der Waals surface area contributed by atoms with Crippen LogP contribution in [0.5, 0.6) is 0 Å². The molecule has 0 rings (SSSR count). The zero-order valence-electron chi connectivity index (χ0n) is 15.7. The second kappa shape index (κ2) is 10.0. The number of ketones is 1. The maximum Gasteiger partial charge on any atom is 0.220 e. The molecule has 1 amide bonds. The molecule has 0 bridgehead atoms. The lowest BCUT2D eigenvalue weighted by Gasteiger charge is -2.18. The minimum Gasteiger partial charge on any atom is -0.356 e. The molecule has 0 atom stereocenters. The first kappa shape index (κ1) is 21.1. The second-order valence-corrected chi connectivity index (χ2v) is 8.85. The molecule has 0 radical (unpaired) electrons. The molecular weight excluding hydrogens is 274 g/mol. The first-order valence-electron chi connectivity index (χ1n) is 8.78. The number of amides is 1. The van der Waals surface area contributed by atoms with Crippen molar-refractivity contribution < 1.29 is 9.59 Å². The third-order valence-corrected chi connectivity index (χ3v) is 3.58. The summed E-state index contributed by atoms with van der Waals surface area (Å²) in [5, 5.41) is 2.97. The van der Waals surface area contributed by atoms with Gasteiger partial charge in [-0.3, -0.25) is 9.59 Å². The molecular formula is C19H37NO2. The molecule has 0 heterocycles. The van der Waals surface area contributed by atoms with E-state index in [0.717, 1.165) is 38.6 Å². The summed E-state index contributed by atoms with van der Waals surface area (Å²) in [4.78, 5) is 23.4. The van der Waals surface area contributed by atoms with Crippen molar-refractivity contribution in [3.8, 4) is 0 Å². The van der Waals surface area contributed by atoms with Gasteiger partial charge in [0.25, 0.3) is 0 Å². The van der Waals surface area contributed by atoms with E-state index in [-0.39, 0.29) is 16.7 Å². The van der Waals surface area contributed by atoms with Gasteiger partial charge in [-0.1, -0.05) is 54.4 Å². The molecule has 0 aromatic heterocycles. The van der Waals surface area contributed by atoms with Crippen LogP contribution in [-0.4, -0.2) is 18.2 Å². The lowest BCUT2D eigenvalue weighted by Crippen LogP contribution is -2.31. The van der Waals surface area contributed by atoms with Gasteiger partial charge in [0.05, 0.1) is 0 Å². The molecule has 1 N–H and O–H groups in total. The molecule has 0 unspecified atom stereocenters. The van der Waals surface area contributed by atoms with Crippen molar-refractivity contribution in [2.45, 2.75) is 92.9 Å². The van der Waals surface area contributed by atoms with E-state index in [0.29, 0.717) is 25.0 Å². The van der Waals surface area contributed by atoms with Crippen LogP contribution in [0.4, 0.5) is 0 Å². The zero-order valence-corrected chi connectivity index (χ0v) is 15.7. The van der Waals surface area contributed by atoms with E-state index >= 15 is 0 Å². The Hall–Kier alpha value is -0.860. The van der Waals surface area contributed by atoms with Crippen molar-refractivity contribution in [2.75, 3.05) is 6.54 Å². The summed E-state index contributed by atoms with van der Waals surface area (Å²) in [7, 11) is 0. The molecule has 3 heteroatoms. The third kappa shape index (κ3) is 15.5. The summed E-state index contributed by atoms with van der Waals surface area (Å²) >= 11 is 0. The normalized spacial score (nSPS) is 12.3. The number of hydrogen-bond donors (Lipinski definition) is 1. The predicted octanol–water partition coefficient (Wildman–Crippen LogP) is 4.88.